The molecule has 0 aliphatic heterocycles. The quantitative estimate of drug-likeness (QED) is 0.718. The molecule has 2 rings (SSSR count). The van der Waals surface area contributed by atoms with E-state index in [9.17, 15) is 4.79 Å². The molecule has 0 unspecified atom stereocenters. The second-order valence-electron chi connectivity index (χ2n) is 7.23. The van der Waals surface area contributed by atoms with Crippen molar-refractivity contribution in [2.75, 3.05) is 13.2 Å². The molecule has 2 aromatic rings. The Labute approximate surface area is 160 Å². The number of carbonyl (C=O) groups excluding carboxylic acids is 1. The molecule has 0 saturated carbocycles. The molecule has 2 aromatic carbocycles. The number of amides is 1. The molecule has 142 valence electrons. The maximum absolute atomic E-state index is 11.3. The van der Waals surface area contributed by atoms with E-state index in [-0.39, 0.29) is 17.7 Å². The molecule has 1 N–H and O–H groups in total. The molecule has 0 radical (unpaired) electrons. The number of nitrogens with zero attached hydrogens (tertiary/aromatic N) is 1. The molecule has 0 aliphatic rings. The van der Waals surface area contributed by atoms with Crippen molar-refractivity contribution in [3.8, 4) is 17.6 Å². The molecule has 0 aliphatic carbocycles. The zero-order chi connectivity index (χ0) is 19.7. The average molecular weight is 366 g/mol. The van der Waals surface area contributed by atoms with Gasteiger partial charge < -0.3 is 14.8 Å². The van der Waals surface area contributed by atoms with E-state index in [1.807, 2.05) is 42.5 Å². The van der Waals surface area contributed by atoms with Gasteiger partial charge in [-0.05, 0) is 40.8 Å². The zero-order valence-corrected chi connectivity index (χ0v) is 16.1. The zero-order valence-electron chi connectivity index (χ0n) is 16.1. The number of nitriles is 1. The first-order valence-electron chi connectivity index (χ1n) is 8.97. The summed E-state index contributed by atoms with van der Waals surface area (Å²) in [5, 5.41) is 11.1. The molecule has 0 aromatic heterocycles. The van der Waals surface area contributed by atoms with Gasteiger partial charge in [-0.15, -0.1) is 0 Å². The first-order valence-corrected chi connectivity index (χ1v) is 8.97. The van der Waals surface area contributed by atoms with E-state index < -0.39 is 0 Å². The van der Waals surface area contributed by atoms with Crippen molar-refractivity contribution < 1.29 is 14.3 Å². The van der Waals surface area contributed by atoms with E-state index in [1.54, 1.807) is 0 Å². The van der Waals surface area contributed by atoms with E-state index in [4.69, 9.17) is 14.7 Å². The van der Waals surface area contributed by atoms with Crippen LogP contribution in [-0.2, 0) is 16.8 Å². The van der Waals surface area contributed by atoms with Crippen LogP contribution in [0.15, 0.2) is 48.5 Å². The molecule has 27 heavy (non-hydrogen) atoms. The van der Waals surface area contributed by atoms with Crippen LogP contribution in [0.4, 0.5) is 0 Å². The van der Waals surface area contributed by atoms with Gasteiger partial charge in [-0.1, -0.05) is 45.0 Å². The van der Waals surface area contributed by atoms with Crippen molar-refractivity contribution >= 4 is 5.91 Å². The summed E-state index contributed by atoms with van der Waals surface area (Å²) in [6.07, 6.45) is -0.125. The van der Waals surface area contributed by atoms with Crippen LogP contribution in [0.3, 0.4) is 0 Å². The number of nitrogens with one attached hydrogen (secondary N) is 1. The van der Waals surface area contributed by atoms with Crippen molar-refractivity contribution in [3.63, 3.8) is 0 Å². The number of ether oxygens (including phenoxy) is 2. The van der Waals surface area contributed by atoms with Crippen LogP contribution >= 0.6 is 0 Å². The van der Waals surface area contributed by atoms with E-state index in [1.165, 1.54) is 5.56 Å². The summed E-state index contributed by atoms with van der Waals surface area (Å²) in [6.45, 7) is 7.85. The molecule has 0 saturated heterocycles. The van der Waals surface area contributed by atoms with Crippen molar-refractivity contribution in [2.24, 2.45) is 0 Å². The summed E-state index contributed by atoms with van der Waals surface area (Å²) in [7, 11) is 0. The van der Waals surface area contributed by atoms with Gasteiger partial charge >= 0.3 is 0 Å². The Morgan fingerprint density at radius 2 is 1.48 bits per heavy atom. The third-order valence-electron chi connectivity index (χ3n) is 3.99. The van der Waals surface area contributed by atoms with Gasteiger partial charge in [-0.3, -0.25) is 4.79 Å². The minimum absolute atomic E-state index is 0.125. The standard InChI is InChI=1S/C22H26N2O3/c1-22(2,3)18-6-10-20(11-7-18)27-15-14-26-19-8-4-17(5-9-19)16-24-21(25)12-13-23/h4-11H,12,14-16H2,1-3H3,(H,24,25). The fourth-order valence-electron chi connectivity index (χ4n) is 2.41. The molecular weight excluding hydrogens is 340 g/mol. The highest BCUT2D eigenvalue weighted by atomic mass is 16.5. The van der Waals surface area contributed by atoms with Crippen LogP contribution in [0.5, 0.6) is 11.5 Å². The average Bonchev–Trinajstić information content (AvgIpc) is 2.64. The fraction of sp³-hybridized carbons (Fsp3) is 0.364. The molecule has 0 heterocycles. The van der Waals surface area contributed by atoms with E-state index in [0.29, 0.717) is 19.8 Å². The van der Waals surface area contributed by atoms with Crippen molar-refractivity contribution in [2.45, 2.75) is 39.2 Å². The lowest BCUT2D eigenvalue weighted by atomic mass is 9.87. The lowest BCUT2D eigenvalue weighted by Gasteiger charge is -2.19. The van der Waals surface area contributed by atoms with Gasteiger partial charge in [-0.25, -0.2) is 0 Å². The van der Waals surface area contributed by atoms with Crippen LogP contribution in [0.25, 0.3) is 0 Å². The van der Waals surface area contributed by atoms with Gasteiger partial charge in [0, 0.05) is 6.54 Å². The van der Waals surface area contributed by atoms with Crippen LogP contribution in [-0.4, -0.2) is 19.1 Å². The third-order valence-corrected chi connectivity index (χ3v) is 3.99. The first-order chi connectivity index (χ1) is 12.9. The van der Waals surface area contributed by atoms with E-state index in [0.717, 1.165) is 17.1 Å². The fourth-order valence-corrected chi connectivity index (χ4v) is 2.41. The largest absolute Gasteiger partial charge is 0.490 e. The second-order valence-corrected chi connectivity index (χ2v) is 7.23. The minimum atomic E-state index is -0.273. The van der Waals surface area contributed by atoms with E-state index >= 15 is 0 Å². The molecule has 5 heteroatoms. The highest BCUT2D eigenvalue weighted by molar-refractivity contribution is 5.77. The molecule has 0 atom stereocenters. The van der Waals surface area contributed by atoms with E-state index in [2.05, 4.69) is 38.2 Å². The van der Waals surface area contributed by atoms with Crippen LogP contribution in [0.2, 0.25) is 0 Å². The maximum Gasteiger partial charge on any atom is 0.234 e. The number of carbonyl (C=O) groups is 1. The van der Waals surface area contributed by atoms with Gasteiger partial charge in [0.2, 0.25) is 5.91 Å². The Balaban J connectivity index is 1.71. The Bertz CT molecular complexity index is 769. The third kappa shape index (κ3) is 7.02. The summed E-state index contributed by atoms with van der Waals surface area (Å²) >= 11 is 0. The Kier molecular flexibility index (Phi) is 7.25. The molecule has 0 fully saturated rings. The molecule has 0 bridgehead atoms. The SMILES string of the molecule is CC(C)(C)c1ccc(OCCOc2ccc(CNC(=O)CC#N)cc2)cc1. The summed E-state index contributed by atoms with van der Waals surface area (Å²) in [6, 6.07) is 17.4. The Hall–Kier alpha value is -3.00. The van der Waals surface area contributed by atoms with Crippen LogP contribution < -0.4 is 14.8 Å². The number of rotatable bonds is 8. The van der Waals surface area contributed by atoms with Gasteiger partial charge in [0.15, 0.2) is 0 Å². The summed E-state index contributed by atoms with van der Waals surface area (Å²) < 4.78 is 11.4. The number of hydrogen-bond donors (Lipinski definition) is 1. The Morgan fingerprint density at radius 1 is 0.963 bits per heavy atom. The highest BCUT2D eigenvalue weighted by Gasteiger charge is 2.12. The molecule has 0 spiro atoms. The van der Waals surface area contributed by atoms with Gasteiger partial charge in [0.25, 0.3) is 0 Å². The highest BCUT2D eigenvalue weighted by Crippen LogP contribution is 2.24. The van der Waals surface area contributed by atoms with Gasteiger partial charge in [0.1, 0.15) is 31.1 Å². The first kappa shape index (κ1) is 20.3. The smallest absolute Gasteiger partial charge is 0.234 e. The molecule has 5 nitrogen and oxygen atoms in total. The van der Waals surface area contributed by atoms with Crippen molar-refractivity contribution in [3.05, 3.63) is 59.7 Å². The molecular formula is C22H26N2O3. The topological polar surface area (TPSA) is 71.3 Å². The number of hydrogen-bond acceptors (Lipinski definition) is 4. The normalized spacial score (nSPS) is 10.7. The minimum Gasteiger partial charge on any atom is -0.490 e. The Morgan fingerprint density at radius 3 is 1.96 bits per heavy atom. The predicted molar refractivity (Wildman–Crippen MR) is 105 cm³/mol. The molecule has 1 amide bonds. The van der Waals surface area contributed by atoms with Crippen LogP contribution in [0, 0.1) is 11.3 Å². The summed E-state index contributed by atoms with van der Waals surface area (Å²) in [5.41, 5.74) is 2.35. The van der Waals surface area contributed by atoms with Crippen LogP contribution in [0.1, 0.15) is 38.3 Å². The second kappa shape index (κ2) is 9.63. The van der Waals surface area contributed by atoms with Gasteiger partial charge in [-0.2, -0.15) is 5.26 Å². The predicted octanol–water partition coefficient (Wildman–Crippen LogP) is 3.97. The maximum atomic E-state index is 11.3. The summed E-state index contributed by atoms with van der Waals surface area (Å²) in [4.78, 5) is 11.3. The lowest BCUT2D eigenvalue weighted by molar-refractivity contribution is -0.120. The van der Waals surface area contributed by atoms with Crippen molar-refractivity contribution in [1.29, 1.82) is 5.26 Å². The summed E-state index contributed by atoms with van der Waals surface area (Å²) in [5.74, 6) is 1.30. The lowest BCUT2D eigenvalue weighted by Crippen LogP contribution is -2.21. The monoisotopic (exact) mass is 366 g/mol. The number of benzene rings is 2. The van der Waals surface area contributed by atoms with Crippen molar-refractivity contribution in [1.82, 2.24) is 5.32 Å². The van der Waals surface area contributed by atoms with Gasteiger partial charge in [0.05, 0.1) is 6.07 Å².